The Morgan fingerprint density at radius 1 is 1.31 bits per heavy atom. The number of aromatic nitrogens is 3. The molecule has 2 N–H and O–H groups in total. The number of ether oxygens (including phenoxy) is 2. The van der Waals surface area contributed by atoms with Crippen molar-refractivity contribution in [2.24, 2.45) is 5.73 Å². The number of rotatable bonds is 6. The molecule has 2 aromatic rings. The first-order chi connectivity index (χ1) is 12.7. The average molecular weight is 357 g/mol. The number of anilines is 1. The number of hydrogen-bond donors (Lipinski definition) is 1. The molecule has 0 saturated heterocycles. The van der Waals surface area contributed by atoms with Gasteiger partial charge >= 0.3 is 0 Å². The van der Waals surface area contributed by atoms with Gasteiger partial charge in [0.15, 0.2) is 12.4 Å². The zero-order valence-corrected chi connectivity index (χ0v) is 14.8. The lowest BCUT2D eigenvalue weighted by molar-refractivity contribution is -0.121. The molecule has 1 aromatic carbocycles. The number of methoxy groups -OCH3 is 1. The second kappa shape index (κ2) is 7.05. The molecule has 0 atom stereocenters. The van der Waals surface area contributed by atoms with Crippen LogP contribution in [-0.4, -0.2) is 47.0 Å². The van der Waals surface area contributed by atoms with Crippen molar-refractivity contribution in [3.63, 3.8) is 0 Å². The first kappa shape index (κ1) is 17.0. The van der Waals surface area contributed by atoms with Gasteiger partial charge in [0.25, 0.3) is 5.91 Å². The van der Waals surface area contributed by atoms with Crippen LogP contribution in [0.3, 0.4) is 0 Å². The number of nitrogens with two attached hydrogens (primary N) is 1. The van der Waals surface area contributed by atoms with E-state index in [0.717, 1.165) is 30.2 Å². The minimum absolute atomic E-state index is 0.0353. The van der Waals surface area contributed by atoms with E-state index < -0.39 is 0 Å². The van der Waals surface area contributed by atoms with Gasteiger partial charge in [0, 0.05) is 25.6 Å². The molecule has 138 valence electrons. The zero-order valence-electron chi connectivity index (χ0n) is 14.8. The Morgan fingerprint density at radius 3 is 2.88 bits per heavy atom. The molecule has 0 radical (unpaired) electrons. The van der Waals surface area contributed by atoms with Crippen molar-refractivity contribution in [2.45, 2.75) is 37.9 Å². The summed E-state index contributed by atoms with van der Waals surface area (Å²) in [5.41, 5.74) is 6.70. The minimum Gasteiger partial charge on any atom is -0.482 e. The first-order valence-electron chi connectivity index (χ1n) is 8.86. The van der Waals surface area contributed by atoms with Gasteiger partial charge in [-0.1, -0.05) is 12.1 Å². The second-order valence-electron chi connectivity index (χ2n) is 6.78. The monoisotopic (exact) mass is 357 g/mol. The van der Waals surface area contributed by atoms with E-state index in [1.165, 1.54) is 0 Å². The molecule has 8 nitrogen and oxygen atoms in total. The maximum atomic E-state index is 12.4. The molecule has 1 aliphatic heterocycles. The van der Waals surface area contributed by atoms with E-state index in [2.05, 4.69) is 14.8 Å². The maximum Gasteiger partial charge on any atom is 0.265 e. The highest BCUT2D eigenvalue weighted by Gasteiger charge is 2.33. The van der Waals surface area contributed by atoms with E-state index in [0.29, 0.717) is 31.4 Å². The SMILES string of the molecule is COCCn1c(CN2C(=O)COc3ccccc32)nnc1C1CC(N)C1. The summed E-state index contributed by atoms with van der Waals surface area (Å²) in [5, 5.41) is 8.78. The van der Waals surface area contributed by atoms with Crippen LogP contribution in [0.1, 0.15) is 30.4 Å². The van der Waals surface area contributed by atoms with Crippen molar-refractivity contribution < 1.29 is 14.3 Å². The van der Waals surface area contributed by atoms with Gasteiger partial charge in [0.1, 0.15) is 11.6 Å². The van der Waals surface area contributed by atoms with Crippen molar-refractivity contribution in [3.05, 3.63) is 35.9 Å². The normalized spacial score (nSPS) is 21.9. The van der Waals surface area contributed by atoms with Crippen LogP contribution in [-0.2, 0) is 22.6 Å². The molecule has 26 heavy (non-hydrogen) atoms. The summed E-state index contributed by atoms with van der Waals surface area (Å²) in [6, 6.07) is 7.78. The van der Waals surface area contributed by atoms with Crippen LogP contribution in [0.4, 0.5) is 5.69 Å². The van der Waals surface area contributed by atoms with E-state index >= 15 is 0 Å². The lowest BCUT2D eigenvalue weighted by Crippen LogP contribution is -2.39. The largest absolute Gasteiger partial charge is 0.482 e. The predicted molar refractivity (Wildman–Crippen MR) is 95.0 cm³/mol. The number of para-hydroxylation sites is 2. The van der Waals surface area contributed by atoms with Gasteiger partial charge in [-0.3, -0.25) is 9.69 Å². The Labute approximate surface area is 151 Å². The highest BCUT2D eigenvalue weighted by molar-refractivity contribution is 5.97. The third-order valence-corrected chi connectivity index (χ3v) is 5.02. The molecule has 1 amide bonds. The highest BCUT2D eigenvalue weighted by Crippen LogP contribution is 2.36. The molecule has 1 aromatic heterocycles. The Morgan fingerprint density at radius 2 is 2.12 bits per heavy atom. The molecule has 8 heteroatoms. The molecule has 1 saturated carbocycles. The predicted octanol–water partition coefficient (Wildman–Crippen LogP) is 1.05. The van der Waals surface area contributed by atoms with Crippen LogP contribution < -0.4 is 15.4 Å². The standard InChI is InChI=1S/C18H23N5O3/c1-25-7-6-22-16(20-21-18(22)12-8-13(19)9-12)10-23-14-4-2-3-5-15(14)26-11-17(23)24/h2-5,12-13H,6-11,19H2,1H3. The van der Waals surface area contributed by atoms with Gasteiger partial charge in [0.2, 0.25) is 0 Å². The summed E-state index contributed by atoms with van der Waals surface area (Å²) < 4.78 is 12.8. The number of nitrogens with zero attached hydrogens (tertiary/aromatic N) is 4. The van der Waals surface area contributed by atoms with Crippen LogP contribution in [0.15, 0.2) is 24.3 Å². The summed E-state index contributed by atoms with van der Waals surface area (Å²) >= 11 is 0. The van der Waals surface area contributed by atoms with E-state index in [9.17, 15) is 4.79 Å². The van der Waals surface area contributed by atoms with Gasteiger partial charge in [0.05, 0.1) is 18.8 Å². The number of fused-ring (bicyclic) bond motifs is 1. The van der Waals surface area contributed by atoms with Gasteiger partial charge in [-0.25, -0.2) is 0 Å². The summed E-state index contributed by atoms with van der Waals surface area (Å²) in [4.78, 5) is 14.2. The fraction of sp³-hybridized carbons (Fsp3) is 0.500. The van der Waals surface area contributed by atoms with Crippen molar-refractivity contribution in [2.75, 3.05) is 25.2 Å². The number of hydrogen-bond acceptors (Lipinski definition) is 6. The molecule has 2 heterocycles. The van der Waals surface area contributed by atoms with Gasteiger partial charge in [-0.05, 0) is 25.0 Å². The molecular weight excluding hydrogens is 334 g/mol. The molecule has 2 aliphatic rings. The van der Waals surface area contributed by atoms with Crippen molar-refractivity contribution in [1.29, 1.82) is 0 Å². The summed E-state index contributed by atoms with van der Waals surface area (Å²) in [5.74, 6) is 2.64. The minimum atomic E-state index is -0.0859. The van der Waals surface area contributed by atoms with Gasteiger partial charge < -0.3 is 19.8 Å². The van der Waals surface area contributed by atoms with Gasteiger partial charge in [-0.2, -0.15) is 0 Å². The summed E-state index contributed by atoms with van der Waals surface area (Å²) in [6.45, 7) is 1.60. The molecule has 0 spiro atoms. The van der Waals surface area contributed by atoms with E-state index in [1.54, 1.807) is 12.0 Å². The highest BCUT2D eigenvalue weighted by atomic mass is 16.5. The van der Waals surface area contributed by atoms with Crippen LogP contribution in [0, 0.1) is 0 Å². The average Bonchev–Trinajstić information content (AvgIpc) is 3.01. The topological polar surface area (TPSA) is 95.5 Å². The maximum absolute atomic E-state index is 12.4. The summed E-state index contributed by atoms with van der Waals surface area (Å²) in [6.07, 6.45) is 1.84. The first-order valence-corrected chi connectivity index (χ1v) is 8.86. The number of amides is 1. The van der Waals surface area contributed by atoms with Crippen LogP contribution >= 0.6 is 0 Å². The Balaban J connectivity index is 1.62. The van der Waals surface area contributed by atoms with Crippen molar-refractivity contribution >= 4 is 11.6 Å². The third kappa shape index (κ3) is 3.06. The number of benzene rings is 1. The second-order valence-corrected chi connectivity index (χ2v) is 6.78. The third-order valence-electron chi connectivity index (χ3n) is 5.02. The lowest BCUT2D eigenvalue weighted by atomic mass is 9.80. The molecular formula is C18H23N5O3. The van der Waals surface area contributed by atoms with Crippen LogP contribution in [0.5, 0.6) is 5.75 Å². The molecule has 1 fully saturated rings. The fourth-order valence-electron chi connectivity index (χ4n) is 3.54. The van der Waals surface area contributed by atoms with Crippen molar-refractivity contribution in [1.82, 2.24) is 14.8 Å². The molecule has 4 rings (SSSR count). The Kier molecular flexibility index (Phi) is 4.60. The fourth-order valence-corrected chi connectivity index (χ4v) is 3.54. The Hall–Kier alpha value is -2.45. The summed E-state index contributed by atoms with van der Waals surface area (Å²) in [7, 11) is 1.67. The number of carbonyl (C=O) groups is 1. The van der Waals surface area contributed by atoms with E-state index in [1.807, 2.05) is 24.3 Å². The zero-order chi connectivity index (χ0) is 18.1. The van der Waals surface area contributed by atoms with Crippen LogP contribution in [0.25, 0.3) is 0 Å². The van der Waals surface area contributed by atoms with E-state index in [4.69, 9.17) is 15.2 Å². The molecule has 0 bridgehead atoms. The Bertz CT molecular complexity index is 800. The van der Waals surface area contributed by atoms with E-state index in [-0.39, 0.29) is 18.6 Å². The smallest absolute Gasteiger partial charge is 0.265 e. The molecule has 1 aliphatic carbocycles. The lowest BCUT2D eigenvalue weighted by Gasteiger charge is -2.32. The van der Waals surface area contributed by atoms with Crippen LogP contribution in [0.2, 0.25) is 0 Å². The quantitative estimate of drug-likeness (QED) is 0.830. The van der Waals surface area contributed by atoms with Crippen molar-refractivity contribution in [3.8, 4) is 5.75 Å². The molecule has 0 unspecified atom stereocenters. The van der Waals surface area contributed by atoms with Gasteiger partial charge in [-0.15, -0.1) is 10.2 Å². The number of carbonyl (C=O) groups excluding carboxylic acids is 1.